The highest BCUT2D eigenvalue weighted by Crippen LogP contribution is 2.26. The number of carbonyl (C=O) groups excluding carboxylic acids is 1. The van der Waals surface area contributed by atoms with Crippen molar-refractivity contribution in [3.05, 3.63) is 51.4 Å². The number of thiophene rings is 1. The number of carbonyl (C=O) groups is 1. The third kappa shape index (κ3) is 4.51. The lowest BCUT2D eigenvalue weighted by atomic mass is 10.2. The molecule has 0 saturated carbocycles. The van der Waals surface area contributed by atoms with Gasteiger partial charge in [-0.1, -0.05) is 17.7 Å². The van der Waals surface area contributed by atoms with Gasteiger partial charge in [-0.05, 0) is 31.2 Å². The van der Waals surface area contributed by atoms with Crippen LogP contribution in [0.15, 0.2) is 36.5 Å². The molecule has 106 valence electrons. The Hall–Kier alpha value is -1.59. The van der Waals surface area contributed by atoms with E-state index in [4.69, 9.17) is 11.6 Å². The van der Waals surface area contributed by atoms with E-state index in [-0.39, 0.29) is 12.1 Å². The molecule has 2 aromatic rings. The second kappa shape index (κ2) is 7.26. The van der Waals surface area contributed by atoms with Crippen molar-refractivity contribution in [3.63, 3.8) is 0 Å². The van der Waals surface area contributed by atoms with Gasteiger partial charge in [-0.3, -0.25) is 4.98 Å². The first-order valence-electron chi connectivity index (χ1n) is 6.34. The summed E-state index contributed by atoms with van der Waals surface area (Å²) >= 11 is 7.35. The summed E-state index contributed by atoms with van der Waals surface area (Å²) < 4.78 is 0.726. The van der Waals surface area contributed by atoms with Gasteiger partial charge in [0.25, 0.3) is 0 Å². The van der Waals surface area contributed by atoms with E-state index in [0.29, 0.717) is 13.0 Å². The maximum Gasteiger partial charge on any atom is 0.315 e. The molecular weight excluding hydrogens is 294 g/mol. The quantitative estimate of drug-likeness (QED) is 0.889. The molecule has 0 aliphatic heterocycles. The first kappa shape index (κ1) is 14.8. The van der Waals surface area contributed by atoms with Gasteiger partial charge >= 0.3 is 6.03 Å². The number of nitrogens with one attached hydrogen (secondary N) is 2. The minimum Gasteiger partial charge on any atom is -0.338 e. The van der Waals surface area contributed by atoms with Gasteiger partial charge in [0, 0.05) is 29.7 Å². The lowest BCUT2D eigenvalue weighted by molar-refractivity contribution is 0.238. The number of hydrogen-bond donors (Lipinski definition) is 2. The lowest BCUT2D eigenvalue weighted by Gasteiger charge is -2.13. The molecule has 0 saturated heterocycles. The Kier molecular flexibility index (Phi) is 5.38. The molecular formula is C14H16ClN3OS. The van der Waals surface area contributed by atoms with E-state index >= 15 is 0 Å². The van der Waals surface area contributed by atoms with Gasteiger partial charge in [-0.15, -0.1) is 11.3 Å². The van der Waals surface area contributed by atoms with E-state index in [0.717, 1.165) is 14.9 Å². The van der Waals surface area contributed by atoms with E-state index < -0.39 is 0 Å². The van der Waals surface area contributed by atoms with Crippen LogP contribution in [0.25, 0.3) is 0 Å². The van der Waals surface area contributed by atoms with Crippen LogP contribution in [0.3, 0.4) is 0 Å². The summed E-state index contributed by atoms with van der Waals surface area (Å²) in [4.78, 5) is 17.0. The number of aromatic nitrogens is 1. The molecule has 0 aliphatic rings. The molecule has 20 heavy (non-hydrogen) atoms. The molecule has 0 radical (unpaired) electrons. The zero-order valence-electron chi connectivity index (χ0n) is 11.1. The van der Waals surface area contributed by atoms with E-state index in [2.05, 4.69) is 15.6 Å². The molecule has 2 amide bonds. The number of amides is 2. The molecule has 4 nitrogen and oxygen atoms in total. The average Bonchev–Trinajstić information content (AvgIpc) is 2.87. The number of nitrogens with zero attached hydrogens (tertiary/aromatic N) is 1. The molecule has 0 spiro atoms. The summed E-state index contributed by atoms with van der Waals surface area (Å²) in [5, 5.41) is 5.70. The van der Waals surface area contributed by atoms with Gasteiger partial charge in [0.05, 0.1) is 10.4 Å². The number of urea groups is 1. The van der Waals surface area contributed by atoms with E-state index in [1.807, 2.05) is 37.3 Å². The van der Waals surface area contributed by atoms with E-state index in [1.54, 1.807) is 6.20 Å². The van der Waals surface area contributed by atoms with Crippen LogP contribution in [-0.4, -0.2) is 17.6 Å². The van der Waals surface area contributed by atoms with Gasteiger partial charge in [0.1, 0.15) is 0 Å². The van der Waals surface area contributed by atoms with Crippen molar-refractivity contribution in [1.82, 2.24) is 15.6 Å². The van der Waals surface area contributed by atoms with Crippen molar-refractivity contribution in [2.24, 2.45) is 0 Å². The van der Waals surface area contributed by atoms with E-state index in [9.17, 15) is 4.79 Å². The summed E-state index contributed by atoms with van der Waals surface area (Å²) in [6.07, 6.45) is 2.46. The zero-order valence-corrected chi connectivity index (χ0v) is 12.7. The average molecular weight is 310 g/mol. The number of rotatable bonds is 5. The first-order chi connectivity index (χ1) is 9.65. The predicted octanol–water partition coefficient (Wildman–Crippen LogP) is 3.40. The second-order valence-electron chi connectivity index (χ2n) is 4.33. The highest BCUT2D eigenvalue weighted by atomic mass is 35.5. The topological polar surface area (TPSA) is 54.0 Å². The van der Waals surface area contributed by atoms with Crippen LogP contribution >= 0.6 is 22.9 Å². The fourth-order valence-corrected chi connectivity index (χ4v) is 2.79. The fraction of sp³-hybridized carbons (Fsp3) is 0.286. The largest absolute Gasteiger partial charge is 0.338 e. The predicted molar refractivity (Wildman–Crippen MR) is 82.2 cm³/mol. The van der Waals surface area contributed by atoms with Crippen LogP contribution < -0.4 is 10.6 Å². The van der Waals surface area contributed by atoms with Crippen molar-refractivity contribution in [2.45, 2.75) is 19.4 Å². The van der Waals surface area contributed by atoms with Gasteiger partial charge in [-0.2, -0.15) is 0 Å². The van der Waals surface area contributed by atoms with Crippen LogP contribution in [0.4, 0.5) is 4.79 Å². The normalized spacial score (nSPS) is 11.9. The highest BCUT2D eigenvalue weighted by Gasteiger charge is 2.11. The summed E-state index contributed by atoms with van der Waals surface area (Å²) in [7, 11) is 0. The molecule has 0 aliphatic carbocycles. The van der Waals surface area contributed by atoms with Crippen LogP contribution in [-0.2, 0) is 6.42 Å². The van der Waals surface area contributed by atoms with Crippen LogP contribution in [0, 0.1) is 0 Å². The first-order valence-corrected chi connectivity index (χ1v) is 7.54. The third-order valence-corrected chi connectivity index (χ3v) is 4.18. The van der Waals surface area contributed by atoms with Crippen molar-refractivity contribution >= 4 is 29.0 Å². The monoisotopic (exact) mass is 309 g/mol. The molecule has 0 bridgehead atoms. The van der Waals surface area contributed by atoms with Crippen LogP contribution in [0.5, 0.6) is 0 Å². The Labute approximate surface area is 127 Å². The van der Waals surface area contributed by atoms with Gasteiger partial charge in [0.2, 0.25) is 0 Å². The lowest BCUT2D eigenvalue weighted by Crippen LogP contribution is -2.37. The van der Waals surface area contributed by atoms with E-state index in [1.165, 1.54) is 11.3 Å². The summed E-state index contributed by atoms with van der Waals surface area (Å²) in [5.74, 6) is 0. The summed E-state index contributed by atoms with van der Waals surface area (Å²) in [5.41, 5.74) is 0.964. The molecule has 1 atom stereocenters. The Morgan fingerprint density at radius 3 is 2.90 bits per heavy atom. The fourth-order valence-electron chi connectivity index (χ4n) is 1.73. The molecule has 0 unspecified atom stereocenters. The Bertz CT molecular complexity index is 559. The molecule has 6 heteroatoms. The number of halogens is 1. The smallest absolute Gasteiger partial charge is 0.315 e. The van der Waals surface area contributed by atoms with Crippen molar-refractivity contribution in [1.29, 1.82) is 0 Å². The Morgan fingerprint density at radius 2 is 2.25 bits per heavy atom. The molecule has 2 aromatic heterocycles. The van der Waals surface area contributed by atoms with Crippen LogP contribution in [0.1, 0.15) is 23.5 Å². The molecule has 0 aromatic carbocycles. The second-order valence-corrected chi connectivity index (χ2v) is 6.08. The number of hydrogen-bond acceptors (Lipinski definition) is 3. The standard InChI is InChI=1S/C14H16ClN3OS/c1-10(12-5-6-13(15)20-12)18-14(19)17-9-7-11-4-2-3-8-16-11/h2-6,8,10H,7,9H2,1H3,(H2,17,18,19)/t10-/m0/s1. The zero-order chi connectivity index (χ0) is 14.4. The minimum absolute atomic E-state index is 0.0534. The van der Waals surface area contributed by atoms with Crippen molar-refractivity contribution in [2.75, 3.05) is 6.54 Å². The van der Waals surface area contributed by atoms with Crippen molar-refractivity contribution in [3.8, 4) is 0 Å². The minimum atomic E-state index is -0.182. The number of pyridine rings is 1. The molecule has 2 rings (SSSR count). The third-order valence-electron chi connectivity index (χ3n) is 2.76. The maximum absolute atomic E-state index is 11.8. The molecule has 0 fully saturated rings. The summed E-state index contributed by atoms with van der Waals surface area (Å²) in [6.45, 7) is 2.49. The van der Waals surface area contributed by atoms with Gasteiger partial charge < -0.3 is 10.6 Å². The molecule has 2 N–H and O–H groups in total. The Morgan fingerprint density at radius 1 is 1.40 bits per heavy atom. The Balaban J connectivity index is 1.73. The summed E-state index contributed by atoms with van der Waals surface area (Å²) in [6, 6.07) is 9.27. The van der Waals surface area contributed by atoms with Crippen molar-refractivity contribution < 1.29 is 4.79 Å². The highest BCUT2D eigenvalue weighted by molar-refractivity contribution is 7.16. The molecule has 2 heterocycles. The van der Waals surface area contributed by atoms with Crippen LogP contribution in [0.2, 0.25) is 4.34 Å². The maximum atomic E-state index is 11.8. The SMILES string of the molecule is C[C@H](NC(=O)NCCc1ccccn1)c1ccc(Cl)s1. The van der Waals surface area contributed by atoms with Gasteiger partial charge in [-0.25, -0.2) is 4.79 Å². The van der Waals surface area contributed by atoms with Gasteiger partial charge in [0.15, 0.2) is 0 Å².